The summed E-state index contributed by atoms with van der Waals surface area (Å²) in [5.74, 6) is 1.22. The Balaban J connectivity index is 1.83. The van der Waals surface area contributed by atoms with Crippen molar-refractivity contribution in [3.05, 3.63) is 0 Å². The zero-order chi connectivity index (χ0) is 15.9. The summed E-state index contributed by atoms with van der Waals surface area (Å²) in [6.45, 7) is 7.79. The maximum absolute atomic E-state index is 11.6. The molecule has 1 saturated carbocycles. The molecule has 0 aromatic carbocycles. The first-order valence-electron chi connectivity index (χ1n) is 9.12. The lowest BCUT2D eigenvalue weighted by Gasteiger charge is -2.40. The molecule has 1 N–H and O–H groups in total. The molecular weight excluding hydrogens is 276 g/mol. The smallest absolute Gasteiger partial charge is 0.305 e. The number of piperidine rings is 1. The summed E-state index contributed by atoms with van der Waals surface area (Å²) in [6, 6.07) is 1.06. The molecule has 4 heteroatoms. The average Bonchev–Trinajstić information content (AvgIpc) is 2.53. The summed E-state index contributed by atoms with van der Waals surface area (Å²) in [4.78, 5) is 14.1. The predicted octanol–water partition coefficient (Wildman–Crippen LogP) is 2.82. The van der Waals surface area contributed by atoms with Gasteiger partial charge in [0.05, 0.1) is 7.11 Å². The largest absolute Gasteiger partial charge is 0.469 e. The van der Waals surface area contributed by atoms with Gasteiger partial charge in [0.15, 0.2) is 0 Å². The standard InChI is InChI=1S/C18H34N2O2/c1-14(2)20-12-16(10-18(21)22-3)9-17(13-20)19-11-15-7-5-4-6-8-15/h14-17,19H,4-13H2,1-3H3. The van der Waals surface area contributed by atoms with Crippen molar-refractivity contribution >= 4 is 5.97 Å². The van der Waals surface area contributed by atoms with Crippen LogP contribution in [0, 0.1) is 11.8 Å². The van der Waals surface area contributed by atoms with Crippen molar-refractivity contribution in [1.29, 1.82) is 0 Å². The van der Waals surface area contributed by atoms with E-state index < -0.39 is 0 Å². The molecule has 2 atom stereocenters. The highest BCUT2D eigenvalue weighted by atomic mass is 16.5. The summed E-state index contributed by atoms with van der Waals surface area (Å²) in [5, 5.41) is 3.80. The fourth-order valence-corrected chi connectivity index (χ4v) is 4.00. The van der Waals surface area contributed by atoms with E-state index in [0.717, 1.165) is 32.0 Å². The minimum atomic E-state index is -0.0679. The third-order valence-corrected chi connectivity index (χ3v) is 5.40. The maximum atomic E-state index is 11.6. The first-order chi connectivity index (χ1) is 10.6. The average molecular weight is 310 g/mol. The number of rotatable bonds is 6. The molecule has 128 valence electrons. The molecular formula is C18H34N2O2. The van der Waals surface area contributed by atoms with E-state index in [9.17, 15) is 4.79 Å². The number of nitrogens with zero attached hydrogens (tertiary/aromatic N) is 1. The normalized spacial score (nSPS) is 28.0. The molecule has 1 heterocycles. The number of carbonyl (C=O) groups is 1. The van der Waals surface area contributed by atoms with Crippen LogP contribution in [-0.4, -0.2) is 49.7 Å². The summed E-state index contributed by atoms with van der Waals surface area (Å²) < 4.78 is 4.86. The Kier molecular flexibility index (Phi) is 7.16. The number of methoxy groups -OCH3 is 1. The third-order valence-electron chi connectivity index (χ3n) is 5.40. The van der Waals surface area contributed by atoms with Crippen LogP contribution in [0.1, 0.15) is 58.8 Å². The number of esters is 1. The maximum Gasteiger partial charge on any atom is 0.305 e. The Hall–Kier alpha value is -0.610. The van der Waals surface area contributed by atoms with E-state index in [-0.39, 0.29) is 5.97 Å². The second-order valence-corrected chi connectivity index (χ2v) is 7.54. The lowest BCUT2D eigenvalue weighted by atomic mass is 9.87. The molecule has 2 fully saturated rings. The SMILES string of the molecule is COC(=O)CC1CC(NCC2CCCCC2)CN(C(C)C)C1. The van der Waals surface area contributed by atoms with Gasteiger partial charge in [0.25, 0.3) is 0 Å². The van der Waals surface area contributed by atoms with Gasteiger partial charge in [0.2, 0.25) is 0 Å². The van der Waals surface area contributed by atoms with Gasteiger partial charge in [-0.1, -0.05) is 19.3 Å². The van der Waals surface area contributed by atoms with Gasteiger partial charge in [-0.15, -0.1) is 0 Å². The third kappa shape index (κ3) is 5.54. The number of ether oxygens (including phenoxy) is 1. The molecule has 22 heavy (non-hydrogen) atoms. The Morgan fingerprint density at radius 1 is 1.18 bits per heavy atom. The van der Waals surface area contributed by atoms with E-state index in [4.69, 9.17) is 4.74 Å². The Morgan fingerprint density at radius 2 is 1.91 bits per heavy atom. The van der Waals surface area contributed by atoms with E-state index in [0.29, 0.717) is 24.4 Å². The zero-order valence-electron chi connectivity index (χ0n) is 14.6. The van der Waals surface area contributed by atoms with Crippen LogP contribution < -0.4 is 5.32 Å². The van der Waals surface area contributed by atoms with Crippen LogP contribution in [0.4, 0.5) is 0 Å². The van der Waals surface area contributed by atoms with Gasteiger partial charge in [0.1, 0.15) is 0 Å². The molecule has 1 aliphatic heterocycles. The van der Waals surface area contributed by atoms with Gasteiger partial charge in [-0.2, -0.15) is 0 Å². The van der Waals surface area contributed by atoms with E-state index in [1.165, 1.54) is 39.2 Å². The first-order valence-corrected chi connectivity index (χ1v) is 9.12. The molecule has 0 amide bonds. The van der Waals surface area contributed by atoms with Crippen molar-refractivity contribution in [3.8, 4) is 0 Å². The second kappa shape index (κ2) is 8.88. The van der Waals surface area contributed by atoms with Crippen LogP contribution in [0.5, 0.6) is 0 Å². The summed E-state index contributed by atoms with van der Waals surface area (Å²) in [5.41, 5.74) is 0. The Bertz CT molecular complexity index is 340. The molecule has 0 bridgehead atoms. The lowest BCUT2D eigenvalue weighted by molar-refractivity contribution is -0.142. The molecule has 1 saturated heterocycles. The molecule has 0 radical (unpaired) electrons. The fourth-order valence-electron chi connectivity index (χ4n) is 4.00. The van der Waals surface area contributed by atoms with Crippen LogP contribution in [0.25, 0.3) is 0 Å². The molecule has 0 aromatic heterocycles. The molecule has 2 aliphatic rings. The van der Waals surface area contributed by atoms with Crippen LogP contribution in [0.2, 0.25) is 0 Å². The van der Waals surface area contributed by atoms with E-state index in [2.05, 4.69) is 24.1 Å². The van der Waals surface area contributed by atoms with Gasteiger partial charge in [-0.05, 0) is 51.5 Å². The number of carbonyl (C=O) groups excluding carboxylic acids is 1. The number of hydrogen-bond acceptors (Lipinski definition) is 4. The van der Waals surface area contributed by atoms with Crippen LogP contribution >= 0.6 is 0 Å². The van der Waals surface area contributed by atoms with Crippen molar-refractivity contribution in [2.75, 3.05) is 26.7 Å². The van der Waals surface area contributed by atoms with Crippen molar-refractivity contribution in [3.63, 3.8) is 0 Å². The van der Waals surface area contributed by atoms with Crippen LogP contribution in [-0.2, 0) is 9.53 Å². The Labute approximate surface area is 136 Å². The van der Waals surface area contributed by atoms with E-state index in [1.54, 1.807) is 0 Å². The zero-order valence-corrected chi connectivity index (χ0v) is 14.6. The highest BCUT2D eigenvalue weighted by Gasteiger charge is 2.30. The topological polar surface area (TPSA) is 41.6 Å². The summed E-state index contributed by atoms with van der Waals surface area (Å²) in [6.07, 6.45) is 8.66. The molecule has 2 unspecified atom stereocenters. The van der Waals surface area contributed by atoms with Gasteiger partial charge in [0, 0.05) is 31.6 Å². The monoisotopic (exact) mass is 310 g/mol. The van der Waals surface area contributed by atoms with E-state index in [1.807, 2.05) is 0 Å². The molecule has 4 nitrogen and oxygen atoms in total. The molecule has 2 rings (SSSR count). The van der Waals surface area contributed by atoms with Gasteiger partial charge >= 0.3 is 5.97 Å². The number of hydrogen-bond donors (Lipinski definition) is 1. The quantitative estimate of drug-likeness (QED) is 0.766. The van der Waals surface area contributed by atoms with E-state index >= 15 is 0 Å². The lowest BCUT2D eigenvalue weighted by Crippen LogP contribution is -2.52. The van der Waals surface area contributed by atoms with Gasteiger partial charge in [-0.25, -0.2) is 0 Å². The predicted molar refractivity (Wildman–Crippen MR) is 89.8 cm³/mol. The highest BCUT2D eigenvalue weighted by molar-refractivity contribution is 5.69. The van der Waals surface area contributed by atoms with Crippen molar-refractivity contribution in [2.24, 2.45) is 11.8 Å². The molecule has 1 aliphatic carbocycles. The summed E-state index contributed by atoms with van der Waals surface area (Å²) >= 11 is 0. The highest BCUT2D eigenvalue weighted by Crippen LogP contribution is 2.25. The number of likely N-dealkylation sites (tertiary alicyclic amines) is 1. The van der Waals surface area contributed by atoms with Crippen molar-refractivity contribution in [1.82, 2.24) is 10.2 Å². The van der Waals surface area contributed by atoms with Crippen molar-refractivity contribution in [2.45, 2.75) is 70.9 Å². The second-order valence-electron chi connectivity index (χ2n) is 7.54. The fraction of sp³-hybridized carbons (Fsp3) is 0.944. The van der Waals surface area contributed by atoms with Crippen LogP contribution in [0.15, 0.2) is 0 Å². The minimum Gasteiger partial charge on any atom is -0.469 e. The van der Waals surface area contributed by atoms with Crippen LogP contribution in [0.3, 0.4) is 0 Å². The van der Waals surface area contributed by atoms with Gasteiger partial charge in [-0.3, -0.25) is 9.69 Å². The number of nitrogens with one attached hydrogen (secondary N) is 1. The minimum absolute atomic E-state index is 0.0679. The van der Waals surface area contributed by atoms with Gasteiger partial charge < -0.3 is 10.1 Å². The molecule has 0 spiro atoms. The Morgan fingerprint density at radius 3 is 2.55 bits per heavy atom. The summed E-state index contributed by atoms with van der Waals surface area (Å²) in [7, 11) is 1.49. The molecule has 0 aromatic rings. The van der Waals surface area contributed by atoms with Crippen molar-refractivity contribution < 1.29 is 9.53 Å². The first kappa shape index (κ1) is 17.7.